The van der Waals surface area contributed by atoms with Crippen LogP contribution < -0.4 is 10.2 Å². The standard InChI is InChI=1S/C25H24FN3OS/c26-19-6-4-5-18(15-19)17-29-22-11-14-31-24(22)16-23(29)25(30)27-20-7-9-21(10-8-20)28-12-2-1-3-13-28/h4-11,14-16H,1-3,12-13,17H2,(H,27,30). The summed E-state index contributed by atoms with van der Waals surface area (Å²) in [5.41, 5.74) is 4.36. The van der Waals surface area contributed by atoms with Gasteiger partial charge in [-0.3, -0.25) is 4.79 Å². The van der Waals surface area contributed by atoms with Crippen molar-refractivity contribution in [3.63, 3.8) is 0 Å². The Morgan fingerprint density at radius 2 is 1.81 bits per heavy atom. The first-order chi connectivity index (χ1) is 15.2. The molecule has 2 aromatic heterocycles. The van der Waals surface area contributed by atoms with E-state index in [1.165, 1.54) is 37.1 Å². The average Bonchev–Trinajstić information content (AvgIpc) is 3.38. The molecule has 0 unspecified atom stereocenters. The lowest BCUT2D eigenvalue weighted by Gasteiger charge is -2.28. The zero-order valence-corrected chi connectivity index (χ0v) is 18.0. The van der Waals surface area contributed by atoms with Gasteiger partial charge in [-0.15, -0.1) is 11.3 Å². The molecule has 0 bridgehead atoms. The number of nitrogens with one attached hydrogen (secondary N) is 1. The number of carbonyl (C=O) groups is 1. The summed E-state index contributed by atoms with van der Waals surface area (Å²) < 4.78 is 16.7. The van der Waals surface area contributed by atoms with Gasteiger partial charge in [0.25, 0.3) is 5.91 Å². The van der Waals surface area contributed by atoms with Gasteiger partial charge in [0, 0.05) is 31.0 Å². The SMILES string of the molecule is O=C(Nc1ccc(N2CCCCC2)cc1)c1cc2sccc2n1Cc1cccc(F)c1. The minimum atomic E-state index is -0.272. The highest BCUT2D eigenvalue weighted by molar-refractivity contribution is 7.17. The van der Waals surface area contributed by atoms with Crippen molar-refractivity contribution in [2.75, 3.05) is 23.3 Å². The summed E-state index contributed by atoms with van der Waals surface area (Å²) in [7, 11) is 0. The van der Waals surface area contributed by atoms with Gasteiger partial charge in [0.05, 0.1) is 10.2 Å². The van der Waals surface area contributed by atoms with E-state index in [1.807, 2.05) is 40.3 Å². The van der Waals surface area contributed by atoms with Crippen molar-refractivity contribution in [3.05, 3.63) is 83.1 Å². The molecule has 4 nitrogen and oxygen atoms in total. The van der Waals surface area contributed by atoms with Gasteiger partial charge in [-0.2, -0.15) is 0 Å². The Labute approximate surface area is 184 Å². The van der Waals surface area contributed by atoms with Crippen LogP contribution in [0.4, 0.5) is 15.8 Å². The minimum absolute atomic E-state index is 0.162. The third-order valence-corrected chi connectivity index (χ3v) is 6.68. The van der Waals surface area contributed by atoms with Crippen LogP contribution in [-0.4, -0.2) is 23.6 Å². The number of halogens is 1. The first kappa shape index (κ1) is 19.8. The number of piperidine rings is 1. The fourth-order valence-electron chi connectivity index (χ4n) is 4.26. The number of nitrogens with zero attached hydrogens (tertiary/aromatic N) is 2. The van der Waals surface area contributed by atoms with Gasteiger partial charge in [-0.25, -0.2) is 4.39 Å². The summed E-state index contributed by atoms with van der Waals surface area (Å²) in [6.07, 6.45) is 3.77. The number of aromatic nitrogens is 1. The number of carbonyl (C=O) groups excluding carboxylic acids is 1. The number of amides is 1. The van der Waals surface area contributed by atoms with E-state index in [9.17, 15) is 9.18 Å². The largest absolute Gasteiger partial charge is 0.372 e. The topological polar surface area (TPSA) is 37.3 Å². The molecule has 0 saturated carbocycles. The van der Waals surface area contributed by atoms with Gasteiger partial charge in [0.1, 0.15) is 11.5 Å². The van der Waals surface area contributed by atoms with Crippen molar-refractivity contribution >= 4 is 38.8 Å². The Kier molecular flexibility index (Phi) is 5.47. The van der Waals surface area contributed by atoms with Crippen LogP contribution in [0, 0.1) is 5.82 Å². The van der Waals surface area contributed by atoms with E-state index in [0.717, 1.165) is 34.6 Å². The molecule has 0 spiro atoms. The van der Waals surface area contributed by atoms with E-state index in [4.69, 9.17) is 0 Å². The fraction of sp³-hybridized carbons (Fsp3) is 0.240. The van der Waals surface area contributed by atoms with Gasteiger partial charge in [-0.05, 0) is 78.7 Å². The Bertz CT molecular complexity index is 1210. The molecule has 0 aliphatic carbocycles. The maximum absolute atomic E-state index is 13.7. The number of hydrogen-bond donors (Lipinski definition) is 1. The van der Waals surface area contributed by atoms with Gasteiger partial charge in [0.2, 0.25) is 0 Å². The molecule has 1 amide bonds. The van der Waals surface area contributed by atoms with E-state index in [0.29, 0.717) is 12.2 Å². The zero-order valence-electron chi connectivity index (χ0n) is 17.2. The third-order valence-electron chi connectivity index (χ3n) is 5.83. The molecule has 0 radical (unpaired) electrons. The first-order valence-electron chi connectivity index (χ1n) is 10.6. The molecule has 4 aromatic rings. The molecule has 2 aromatic carbocycles. The number of anilines is 2. The van der Waals surface area contributed by atoms with Crippen LogP contribution in [-0.2, 0) is 6.54 Å². The second-order valence-corrected chi connectivity index (χ2v) is 8.91. The van der Waals surface area contributed by atoms with E-state index in [1.54, 1.807) is 17.4 Å². The van der Waals surface area contributed by atoms with Gasteiger partial charge >= 0.3 is 0 Å². The lowest BCUT2D eigenvalue weighted by molar-refractivity contribution is 0.101. The van der Waals surface area contributed by atoms with Crippen LogP contribution in [0.2, 0.25) is 0 Å². The normalized spacial score (nSPS) is 14.2. The number of thiophene rings is 1. The minimum Gasteiger partial charge on any atom is -0.372 e. The molecule has 3 heterocycles. The average molecular weight is 434 g/mol. The second kappa shape index (κ2) is 8.55. The van der Waals surface area contributed by atoms with Crippen molar-refractivity contribution in [1.82, 2.24) is 4.57 Å². The summed E-state index contributed by atoms with van der Waals surface area (Å²) in [5.74, 6) is -0.434. The molecule has 1 aliphatic rings. The molecular formula is C25H24FN3OS. The van der Waals surface area contributed by atoms with Crippen molar-refractivity contribution in [1.29, 1.82) is 0 Å². The Morgan fingerprint density at radius 3 is 2.58 bits per heavy atom. The van der Waals surface area contributed by atoms with Crippen LogP contribution in [0.1, 0.15) is 35.3 Å². The van der Waals surface area contributed by atoms with Gasteiger partial charge < -0.3 is 14.8 Å². The maximum Gasteiger partial charge on any atom is 0.272 e. The van der Waals surface area contributed by atoms with Gasteiger partial charge in [-0.1, -0.05) is 12.1 Å². The van der Waals surface area contributed by atoms with E-state index < -0.39 is 0 Å². The monoisotopic (exact) mass is 433 g/mol. The number of benzene rings is 2. The number of hydrogen-bond acceptors (Lipinski definition) is 3. The van der Waals surface area contributed by atoms with Crippen molar-refractivity contribution in [2.24, 2.45) is 0 Å². The molecule has 5 rings (SSSR count). The predicted octanol–water partition coefficient (Wildman–Crippen LogP) is 6.13. The van der Waals surface area contributed by atoms with Crippen molar-refractivity contribution in [3.8, 4) is 0 Å². The predicted molar refractivity (Wildman–Crippen MR) is 126 cm³/mol. The summed E-state index contributed by atoms with van der Waals surface area (Å²) >= 11 is 1.60. The highest BCUT2D eigenvalue weighted by Gasteiger charge is 2.18. The second-order valence-electron chi connectivity index (χ2n) is 7.96. The Morgan fingerprint density at radius 1 is 1.00 bits per heavy atom. The van der Waals surface area contributed by atoms with Crippen molar-refractivity contribution < 1.29 is 9.18 Å². The zero-order chi connectivity index (χ0) is 21.2. The first-order valence-corrected chi connectivity index (χ1v) is 11.5. The number of fused-ring (bicyclic) bond motifs is 1. The molecule has 31 heavy (non-hydrogen) atoms. The Balaban J connectivity index is 1.37. The van der Waals surface area contributed by atoms with Crippen LogP contribution in [0.5, 0.6) is 0 Å². The molecule has 1 fully saturated rings. The van der Waals surface area contributed by atoms with Crippen LogP contribution in [0.15, 0.2) is 66.0 Å². The van der Waals surface area contributed by atoms with E-state index in [-0.39, 0.29) is 11.7 Å². The third kappa shape index (κ3) is 4.21. The van der Waals surface area contributed by atoms with Gasteiger partial charge in [0.15, 0.2) is 0 Å². The van der Waals surface area contributed by atoms with Crippen LogP contribution in [0.25, 0.3) is 10.2 Å². The molecule has 0 atom stereocenters. The van der Waals surface area contributed by atoms with Crippen LogP contribution in [0.3, 0.4) is 0 Å². The summed E-state index contributed by atoms with van der Waals surface area (Å²) in [4.78, 5) is 15.5. The van der Waals surface area contributed by atoms with Crippen LogP contribution >= 0.6 is 11.3 Å². The molecule has 1 aliphatic heterocycles. The quantitative estimate of drug-likeness (QED) is 0.411. The molecule has 6 heteroatoms. The highest BCUT2D eigenvalue weighted by Crippen LogP contribution is 2.28. The molecule has 1 N–H and O–H groups in total. The highest BCUT2D eigenvalue weighted by atomic mass is 32.1. The molecule has 1 saturated heterocycles. The lowest BCUT2D eigenvalue weighted by Crippen LogP contribution is -2.29. The molecular weight excluding hydrogens is 409 g/mol. The van der Waals surface area contributed by atoms with E-state index >= 15 is 0 Å². The van der Waals surface area contributed by atoms with E-state index in [2.05, 4.69) is 22.3 Å². The Hall–Kier alpha value is -3.12. The molecule has 158 valence electrons. The summed E-state index contributed by atoms with van der Waals surface area (Å²) in [5, 5.41) is 5.04. The fourth-order valence-corrected chi connectivity index (χ4v) is 5.08. The van der Waals surface area contributed by atoms with Crippen molar-refractivity contribution in [2.45, 2.75) is 25.8 Å². The lowest BCUT2D eigenvalue weighted by atomic mass is 10.1. The number of rotatable bonds is 5. The maximum atomic E-state index is 13.7. The smallest absolute Gasteiger partial charge is 0.272 e. The summed E-state index contributed by atoms with van der Waals surface area (Å²) in [6, 6.07) is 18.5. The summed E-state index contributed by atoms with van der Waals surface area (Å²) in [6.45, 7) is 2.63.